The fraction of sp³-hybridized carbons (Fsp3) is 0.423. The number of carbonyl (C=O) groups is 5. The zero-order valence-electron chi connectivity index (χ0n) is 22.6. The first-order chi connectivity index (χ1) is 19.1. The molecular formula is C26H29F3N4O8. The number of halogens is 3. The predicted molar refractivity (Wildman–Crippen MR) is 135 cm³/mol. The summed E-state index contributed by atoms with van der Waals surface area (Å²) in [5.41, 5.74) is -0.584. The third kappa shape index (κ3) is 9.85. The van der Waals surface area contributed by atoms with Gasteiger partial charge in [0.2, 0.25) is 11.8 Å². The van der Waals surface area contributed by atoms with E-state index in [-0.39, 0.29) is 12.2 Å². The van der Waals surface area contributed by atoms with E-state index in [2.05, 4.69) is 20.6 Å². The van der Waals surface area contributed by atoms with Gasteiger partial charge in [-0.1, -0.05) is 13.8 Å². The van der Waals surface area contributed by atoms with E-state index in [1.807, 2.05) is 0 Å². The van der Waals surface area contributed by atoms with Gasteiger partial charge in [0.1, 0.15) is 17.8 Å². The Morgan fingerprint density at radius 3 is 2.32 bits per heavy atom. The van der Waals surface area contributed by atoms with Gasteiger partial charge < -0.3 is 25.2 Å². The van der Waals surface area contributed by atoms with Crippen molar-refractivity contribution in [3.63, 3.8) is 0 Å². The number of aromatic nitrogens is 2. The number of amides is 2. The molecule has 0 bridgehead atoms. The van der Waals surface area contributed by atoms with Gasteiger partial charge in [0.25, 0.3) is 0 Å². The minimum absolute atomic E-state index is 0.230. The molecule has 3 N–H and O–H groups in total. The summed E-state index contributed by atoms with van der Waals surface area (Å²) in [6.07, 6.45) is -5.15. The highest BCUT2D eigenvalue weighted by Gasteiger charge is 2.34. The number of carboxylic acids is 1. The molecule has 0 saturated carbocycles. The molecule has 0 radical (unpaired) electrons. The minimum atomic E-state index is -4.79. The molecule has 0 fully saturated rings. The monoisotopic (exact) mass is 582 g/mol. The van der Waals surface area contributed by atoms with Gasteiger partial charge >= 0.3 is 18.2 Å². The molecule has 0 aliphatic rings. The second kappa shape index (κ2) is 14.2. The standard InChI is InChI=1S/C26H29F3N4O8/c1-13(2)23(33-21(36)10-16-9-15(14(3)34)5-6-19(16)40-4)24(39)31-17(11-22(37)38)18(35)12-41-25-30-8-7-20(32-25)26(27,28)29/h5-9,13,17,23H,10-12H2,1-4H3,(H,31,39)(H,33,36)(H,37,38)/t17-,23-/m0/s1. The van der Waals surface area contributed by atoms with Gasteiger partial charge in [-0.15, -0.1) is 0 Å². The molecule has 0 aliphatic heterocycles. The summed E-state index contributed by atoms with van der Waals surface area (Å²) in [7, 11) is 1.39. The normalized spacial score (nSPS) is 12.7. The number of benzene rings is 1. The van der Waals surface area contributed by atoms with Gasteiger partial charge in [-0.05, 0) is 37.1 Å². The number of carboxylic acid groups (broad SMARTS) is 1. The molecule has 41 heavy (non-hydrogen) atoms. The van der Waals surface area contributed by atoms with Crippen LogP contribution in [0.1, 0.15) is 48.8 Å². The maximum absolute atomic E-state index is 13.0. The van der Waals surface area contributed by atoms with Crippen LogP contribution in [0.5, 0.6) is 11.8 Å². The van der Waals surface area contributed by atoms with Gasteiger partial charge in [-0.2, -0.15) is 18.2 Å². The molecule has 2 rings (SSSR count). The molecule has 15 heteroatoms. The number of rotatable bonds is 14. The molecule has 2 atom stereocenters. The van der Waals surface area contributed by atoms with E-state index in [1.165, 1.54) is 32.2 Å². The van der Waals surface area contributed by atoms with E-state index in [4.69, 9.17) is 9.47 Å². The summed E-state index contributed by atoms with van der Waals surface area (Å²) >= 11 is 0. The quantitative estimate of drug-likeness (QED) is 0.280. The zero-order valence-corrected chi connectivity index (χ0v) is 22.6. The summed E-state index contributed by atoms with van der Waals surface area (Å²) in [4.78, 5) is 68.3. The van der Waals surface area contributed by atoms with Gasteiger partial charge in [0.15, 0.2) is 23.9 Å². The Morgan fingerprint density at radius 1 is 1.07 bits per heavy atom. The van der Waals surface area contributed by atoms with Crippen molar-refractivity contribution in [2.45, 2.75) is 51.9 Å². The number of methoxy groups -OCH3 is 1. The number of aliphatic carboxylic acids is 1. The van der Waals surface area contributed by atoms with Crippen LogP contribution in [-0.2, 0) is 31.8 Å². The first-order valence-electron chi connectivity index (χ1n) is 12.2. The van der Waals surface area contributed by atoms with Crippen molar-refractivity contribution < 1.29 is 51.7 Å². The Labute approximate surface area is 232 Å². The Balaban J connectivity index is 2.13. The number of nitrogens with one attached hydrogen (secondary N) is 2. The fourth-order valence-electron chi connectivity index (χ4n) is 3.55. The van der Waals surface area contributed by atoms with Crippen LogP contribution in [0, 0.1) is 5.92 Å². The number of hydrogen-bond donors (Lipinski definition) is 3. The van der Waals surface area contributed by atoms with E-state index in [0.717, 1.165) is 6.20 Å². The summed E-state index contributed by atoms with van der Waals surface area (Å²) in [6, 6.07) is 1.53. The summed E-state index contributed by atoms with van der Waals surface area (Å²) in [5.74, 6) is -4.35. The average Bonchev–Trinajstić information content (AvgIpc) is 2.89. The second-order valence-corrected chi connectivity index (χ2v) is 9.19. The maximum Gasteiger partial charge on any atom is 0.433 e. The highest BCUT2D eigenvalue weighted by molar-refractivity contribution is 5.96. The van der Waals surface area contributed by atoms with Crippen LogP contribution in [0.15, 0.2) is 30.5 Å². The molecule has 1 aromatic heterocycles. The molecule has 0 saturated heterocycles. The van der Waals surface area contributed by atoms with Crippen molar-refractivity contribution in [2.24, 2.45) is 5.92 Å². The molecule has 12 nitrogen and oxygen atoms in total. The molecule has 1 aromatic carbocycles. The summed E-state index contributed by atoms with van der Waals surface area (Å²) in [5, 5.41) is 14.0. The lowest BCUT2D eigenvalue weighted by Crippen LogP contribution is -2.54. The molecule has 0 unspecified atom stereocenters. The largest absolute Gasteiger partial charge is 0.496 e. The smallest absolute Gasteiger partial charge is 0.433 e. The first kappa shape index (κ1) is 32.7. The lowest BCUT2D eigenvalue weighted by molar-refractivity contribution is -0.142. The lowest BCUT2D eigenvalue weighted by Gasteiger charge is -2.24. The van der Waals surface area contributed by atoms with Crippen molar-refractivity contribution >= 4 is 29.4 Å². The van der Waals surface area contributed by atoms with Crippen molar-refractivity contribution in [1.29, 1.82) is 0 Å². The van der Waals surface area contributed by atoms with Crippen LogP contribution in [-0.4, -0.2) is 70.2 Å². The van der Waals surface area contributed by atoms with E-state index in [0.29, 0.717) is 22.9 Å². The predicted octanol–water partition coefficient (Wildman–Crippen LogP) is 2.00. The molecule has 2 amide bonds. The van der Waals surface area contributed by atoms with E-state index in [1.54, 1.807) is 13.8 Å². The second-order valence-electron chi connectivity index (χ2n) is 9.19. The SMILES string of the molecule is COc1ccc(C(C)=O)cc1CC(=O)N[C@H](C(=O)N[C@@H](CC(=O)O)C(=O)COc1nccc(C(F)(F)F)n1)C(C)C. The topological polar surface area (TPSA) is 174 Å². The number of Topliss-reactive ketones (excluding diaryl/α,β-unsaturated/α-hetero) is 2. The fourth-order valence-corrected chi connectivity index (χ4v) is 3.55. The molecule has 1 heterocycles. The van der Waals surface area contributed by atoms with Crippen LogP contribution in [0.2, 0.25) is 0 Å². The Bertz CT molecular complexity index is 1300. The third-order valence-electron chi connectivity index (χ3n) is 5.65. The Morgan fingerprint density at radius 2 is 1.76 bits per heavy atom. The summed E-state index contributed by atoms with van der Waals surface area (Å²) in [6.45, 7) is 3.62. The summed E-state index contributed by atoms with van der Waals surface area (Å²) < 4.78 is 48.7. The van der Waals surface area contributed by atoms with Crippen LogP contribution in [0.3, 0.4) is 0 Å². The number of ketones is 2. The number of alkyl halides is 3. The third-order valence-corrected chi connectivity index (χ3v) is 5.65. The number of nitrogens with zero attached hydrogens (tertiary/aromatic N) is 2. The first-order valence-corrected chi connectivity index (χ1v) is 12.2. The number of ether oxygens (including phenoxy) is 2. The molecule has 0 aliphatic carbocycles. The zero-order chi connectivity index (χ0) is 30.9. The van der Waals surface area contributed by atoms with Crippen LogP contribution in [0.4, 0.5) is 13.2 Å². The Hall–Kier alpha value is -4.56. The minimum Gasteiger partial charge on any atom is -0.496 e. The highest BCUT2D eigenvalue weighted by Crippen LogP contribution is 2.28. The van der Waals surface area contributed by atoms with Gasteiger partial charge in [0, 0.05) is 17.3 Å². The van der Waals surface area contributed by atoms with Crippen molar-refractivity contribution in [1.82, 2.24) is 20.6 Å². The van der Waals surface area contributed by atoms with E-state index >= 15 is 0 Å². The van der Waals surface area contributed by atoms with E-state index in [9.17, 15) is 42.3 Å². The lowest BCUT2D eigenvalue weighted by atomic mass is 10.0. The molecular weight excluding hydrogens is 553 g/mol. The van der Waals surface area contributed by atoms with Crippen LogP contribution < -0.4 is 20.1 Å². The van der Waals surface area contributed by atoms with Gasteiger partial charge in [-0.3, -0.25) is 24.0 Å². The van der Waals surface area contributed by atoms with Gasteiger partial charge in [0.05, 0.1) is 20.0 Å². The molecule has 222 valence electrons. The number of carbonyl (C=O) groups excluding carboxylic acids is 4. The van der Waals surface area contributed by atoms with Crippen molar-refractivity contribution in [3.8, 4) is 11.8 Å². The van der Waals surface area contributed by atoms with Crippen molar-refractivity contribution in [2.75, 3.05) is 13.7 Å². The highest BCUT2D eigenvalue weighted by atomic mass is 19.4. The Kier molecular flexibility index (Phi) is 11.3. The maximum atomic E-state index is 13.0. The molecule has 0 spiro atoms. The van der Waals surface area contributed by atoms with Gasteiger partial charge in [-0.25, -0.2) is 4.98 Å². The number of hydrogen-bond acceptors (Lipinski definition) is 9. The van der Waals surface area contributed by atoms with Crippen LogP contribution >= 0.6 is 0 Å². The van der Waals surface area contributed by atoms with Crippen LogP contribution in [0.25, 0.3) is 0 Å². The average molecular weight is 583 g/mol. The van der Waals surface area contributed by atoms with E-state index < -0.39 is 72.5 Å². The molecule has 2 aromatic rings. The van der Waals surface area contributed by atoms with Crippen molar-refractivity contribution in [3.05, 3.63) is 47.3 Å².